The molecule has 0 saturated heterocycles. The fraction of sp³-hybridized carbons (Fsp3) is 0.636. The maximum Gasteiger partial charge on any atom is 0.326 e. The summed E-state index contributed by atoms with van der Waals surface area (Å²) in [7, 11) is 0. The van der Waals surface area contributed by atoms with E-state index >= 15 is 0 Å². The number of nitrogens with one attached hydrogen (secondary N) is 8. The number of aliphatic carboxylic acids is 2. The van der Waals surface area contributed by atoms with Gasteiger partial charge in [0.15, 0.2) is 0 Å². The number of hydrogen-bond acceptors (Lipinski definition) is 16. The van der Waals surface area contributed by atoms with Crippen molar-refractivity contribution in [2.45, 2.75) is 101 Å². The van der Waals surface area contributed by atoms with E-state index in [9.17, 15) is 67.7 Å². The fourth-order valence-corrected chi connectivity index (χ4v) is 4.79. The average Bonchev–Trinajstić information content (AvgIpc) is 3.19. The Balaban J connectivity index is 5.55. The molecule has 7 atom stereocenters. The van der Waals surface area contributed by atoms with Crippen LogP contribution in [0.2, 0.25) is 0 Å². The molecule has 0 fully saturated rings. The van der Waals surface area contributed by atoms with E-state index in [4.69, 9.17) is 33.1 Å². The van der Waals surface area contributed by atoms with Gasteiger partial charge in [0.1, 0.15) is 36.3 Å². The van der Waals surface area contributed by atoms with Crippen LogP contribution in [0.5, 0.6) is 0 Å². The van der Waals surface area contributed by atoms with Gasteiger partial charge < -0.3 is 85.9 Å². The fourth-order valence-electron chi connectivity index (χ4n) is 4.79. The molecule has 0 rings (SSSR count). The maximum atomic E-state index is 13.3. The van der Waals surface area contributed by atoms with Crippen molar-refractivity contribution in [2.24, 2.45) is 22.9 Å². The lowest BCUT2D eigenvalue weighted by Crippen LogP contribution is -2.59. The zero-order valence-corrected chi connectivity index (χ0v) is 33.2. The second-order valence-electron chi connectivity index (χ2n) is 13.3. The van der Waals surface area contributed by atoms with Gasteiger partial charge >= 0.3 is 11.9 Å². The van der Waals surface area contributed by atoms with Crippen LogP contribution in [-0.4, -0.2) is 167 Å². The molecule has 20 N–H and O–H groups in total. The van der Waals surface area contributed by atoms with E-state index in [1.807, 2.05) is 10.6 Å². The number of carbonyl (C=O) groups excluding carboxylic acids is 10. The lowest BCUT2D eigenvalue weighted by atomic mass is 10.1. The largest absolute Gasteiger partial charge is 0.481 e. The van der Waals surface area contributed by atoms with Gasteiger partial charge in [-0.25, -0.2) is 4.79 Å². The predicted octanol–water partition coefficient (Wildman–Crippen LogP) is -9.32. The highest BCUT2D eigenvalue weighted by Gasteiger charge is 2.32. The third-order valence-corrected chi connectivity index (χ3v) is 8.19. The molecular weight excluding hydrogens is 820 g/mol. The Bertz CT molecular complexity index is 1600. The van der Waals surface area contributed by atoms with Crippen molar-refractivity contribution in [3.63, 3.8) is 0 Å². The Morgan fingerprint density at radius 2 is 1.03 bits per heavy atom. The minimum atomic E-state index is -1.77. The summed E-state index contributed by atoms with van der Waals surface area (Å²) in [6, 6.07) is -10.7. The lowest BCUT2D eigenvalue weighted by molar-refractivity contribution is -0.144. The smallest absolute Gasteiger partial charge is 0.326 e. The molecule has 28 heteroatoms. The van der Waals surface area contributed by atoms with E-state index in [0.717, 1.165) is 0 Å². The second-order valence-corrected chi connectivity index (χ2v) is 13.3. The third-order valence-electron chi connectivity index (χ3n) is 8.19. The van der Waals surface area contributed by atoms with Crippen LogP contribution >= 0.6 is 0 Å². The lowest BCUT2D eigenvalue weighted by Gasteiger charge is -2.25. The van der Waals surface area contributed by atoms with Crippen LogP contribution < -0.4 is 65.5 Å². The van der Waals surface area contributed by atoms with Crippen molar-refractivity contribution in [3.8, 4) is 0 Å². The number of aliphatic hydroxyl groups excluding tert-OH is 2. The number of carbonyl (C=O) groups is 12. The Morgan fingerprint density at radius 1 is 0.525 bits per heavy atom. The summed E-state index contributed by atoms with van der Waals surface area (Å²) in [5, 5.41) is 54.7. The molecule has 0 saturated carbocycles. The zero-order valence-electron chi connectivity index (χ0n) is 33.2. The van der Waals surface area contributed by atoms with Crippen LogP contribution in [0, 0.1) is 0 Å². The number of hydrogen-bond donors (Lipinski definition) is 16. The van der Waals surface area contributed by atoms with Crippen LogP contribution in [0.3, 0.4) is 0 Å². The molecule has 0 aliphatic rings. The number of carboxylic acid groups (broad SMARTS) is 2. The Hall–Kier alpha value is -6.52. The van der Waals surface area contributed by atoms with Gasteiger partial charge in [0, 0.05) is 12.8 Å². The zero-order chi connectivity index (χ0) is 46.8. The summed E-state index contributed by atoms with van der Waals surface area (Å²) in [6.45, 7) is -2.23. The number of amides is 10. The van der Waals surface area contributed by atoms with Crippen molar-refractivity contribution in [2.75, 3.05) is 32.8 Å². The van der Waals surface area contributed by atoms with E-state index in [1.165, 1.54) is 6.92 Å². The summed E-state index contributed by atoms with van der Waals surface area (Å²) in [5.74, 6) is -12.9. The van der Waals surface area contributed by atoms with E-state index in [2.05, 4.69) is 31.9 Å². The standard InChI is InChI=1S/C33H56N12O16/c1-15(40-28(55)16(35)5-8-26(52)53)27(54)42-17(4-2-3-9-34)30(57)45-21(14-47)32(59)43-18(6-7-22(36)48)29(56)39-11-24(50)38-12-25(51)41-20(13-46)31(58)44-19(33(60)61)10-23(37)49/h15-21,46-47H,2-14,34-35H2,1H3,(H2,36,48)(H2,37,49)(H,38,50)(H,39,56)(H,40,55)(H,41,51)(H,42,54)(H,43,59)(H,44,58)(H,45,57)(H,52,53)(H,60,61)/t15-,16-,17-,18-,19-,20-,21-/m0/s1. The Morgan fingerprint density at radius 3 is 1.56 bits per heavy atom. The molecule has 344 valence electrons. The van der Waals surface area contributed by atoms with Gasteiger partial charge in [-0.2, -0.15) is 0 Å². The normalized spacial score (nSPS) is 14.1. The molecule has 0 aliphatic heterocycles. The minimum Gasteiger partial charge on any atom is -0.481 e. The topological polar surface area (TPSA) is 486 Å². The first kappa shape index (κ1) is 54.5. The predicted molar refractivity (Wildman–Crippen MR) is 205 cm³/mol. The quantitative estimate of drug-likeness (QED) is 0.0288. The molecule has 0 spiro atoms. The van der Waals surface area contributed by atoms with Crippen molar-refractivity contribution in [1.29, 1.82) is 0 Å². The van der Waals surface area contributed by atoms with Crippen molar-refractivity contribution >= 4 is 71.0 Å². The molecule has 61 heavy (non-hydrogen) atoms. The molecular formula is C33H56N12O16. The molecule has 10 amide bonds. The number of carboxylic acids is 2. The van der Waals surface area contributed by atoms with Gasteiger partial charge in [-0.15, -0.1) is 0 Å². The molecule has 0 aromatic heterocycles. The van der Waals surface area contributed by atoms with Crippen LogP contribution in [0.25, 0.3) is 0 Å². The molecule has 0 bridgehead atoms. The van der Waals surface area contributed by atoms with Gasteiger partial charge in [-0.1, -0.05) is 0 Å². The van der Waals surface area contributed by atoms with Crippen LogP contribution in [0.15, 0.2) is 0 Å². The highest BCUT2D eigenvalue weighted by Crippen LogP contribution is 2.05. The molecule has 0 radical (unpaired) electrons. The molecule has 0 heterocycles. The maximum absolute atomic E-state index is 13.3. The Labute approximate surface area is 347 Å². The second kappa shape index (κ2) is 28.8. The first-order valence-corrected chi connectivity index (χ1v) is 18.6. The third kappa shape index (κ3) is 23.0. The van der Waals surface area contributed by atoms with Gasteiger partial charge in [0.05, 0.1) is 38.8 Å². The van der Waals surface area contributed by atoms with Crippen molar-refractivity contribution < 1.29 is 78.0 Å². The first-order chi connectivity index (χ1) is 28.6. The molecule has 28 nitrogen and oxygen atoms in total. The SMILES string of the molecule is C[C@H](NC(=O)[C@@H](N)CCC(=O)O)C(=O)N[C@@H](CCCCN)C(=O)N[C@@H](CO)C(=O)N[C@@H](CCC(N)=O)C(=O)NCC(=O)NCC(=O)N[C@@H](CO)C(=O)N[C@@H](CC(N)=O)C(=O)O. The van der Waals surface area contributed by atoms with Crippen LogP contribution in [0.4, 0.5) is 0 Å². The summed E-state index contributed by atoms with van der Waals surface area (Å²) < 4.78 is 0. The van der Waals surface area contributed by atoms with E-state index in [-0.39, 0.29) is 19.4 Å². The summed E-state index contributed by atoms with van der Waals surface area (Å²) in [5.41, 5.74) is 21.3. The molecule has 0 aromatic rings. The minimum absolute atomic E-state index is 0.0241. The van der Waals surface area contributed by atoms with E-state index in [1.54, 1.807) is 0 Å². The van der Waals surface area contributed by atoms with Crippen LogP contribution in [-0.2, 0) is 57.5 Å². The summed E-state index contributed by atoms with van der Waals surface area (Å²) >= 11 is 0. The van der Waals surface area contributed by atoms with Crippen molar-refractivity contribution in [1.82, 2.24) is 42.5 Å². The number of primary amides is 2. The highest BCUT2D eigenvalue weighted by molar-refractivity contribution is 5.97. The monoisotopic (exact) mass is 876 g/mol. The molecule has 0 aliphatic carbocycles. The van der Waals surface area contributed by atoms with Crippen LogP contribution in [0.1, 0.15) is 58.3 Å². The van der Waals surface area contributed by atoms with Gasteiger partial charge in [-0.3, -0.25) is 52.7 Å². The van der Waals surface area contributed by atoms with Gasteiger partial charge in [0.2, 0.25) is 59.1 Å². The summed E-state index contributed by atoms with van der Waals surface area (Å²) in [4.78, 5) is 146. The van der Waals surface area contributed by atoms with Gasteiger partial charge in [-0.05, 0) is 45.6 Å². The summed E-state index contributed by atoms with van der Waals surface area (Å²) in [6.07, 6.45) is -1.62. The highest BCUT2D eigenvalue weighted by atomic mass is 16.4. The average molecular weight is 877 g/mol. The Kier molecular flexibility index (Phi) is 25.7. The van der Waals surface area contributed by atoms with E-state index < -0.39 is 165 Å². The number of unbranched alkanes of at least 4 members (excludes halogenated alkanes) is 1. The molecule has 0 aromatic carbocycles. The molecule has 0 unspecified atom stereocenters. The van der Waals surface area contributed by atoms with E-state index in [0.29, 0.717) is 12.8 Å². The first-order valence-electron chi connectivity index (χ1n) is 18.6. The number of rotatable bonds is 31. The van der Waals surface area contributed by atoms with Gasteiger partial charge in [0.25, 0.3) is 0 Å². The van der Waals surface area contributed by atoms with Crippen molar-refractivity contribution in [3.05, 3.63) is 0 Å². The number of nitrogens with two attached hydrogens (primary N) is 4. The number of aliphatic hydroxyl groups is 2.